The minimum absolute atomic E-state index is 0.273. The van der Waals surface area contributed by atoms with Gasteiger partial charge in [0.25, 0.3) is 0 Å². The molecule has 0 aromatic carbocycles. The summed E-state index contributed by atoms with van der Waals surface area (Å²) in [4.78, 5) is 0. The van der Waals surface area contributed by atoms with Gasteiger partial charge in [-0.05, 0) is 12.8 Å². The lowest BCUT2D eigenvalue weighted by Gasteiger charge is -2.14. The molecule has 0 amide bonds. The molecule has 1 rings (SSSR count). The first kappa shape index (κ1) is 8.67. The van der Waals surface area contributed by atoms with Crippen LogP contribution in [0.1, 0.15) is 12.8 Å². The van der Waals surface area contributed by atoms with Gasteiger partial charge >= 0.3 is 0 Å². The van der Waals surface area contributed by atoms with Crippen LogP contribution in [0.5, 0.6) is 0 Å². The lowest BCUT2D eigenvalue weighted by molar-refractivity contribution is 0.213. The van der Waals surface area contributed by atoms with Gasteiger partial charge in [0, 0.05) is 12.0 Å². The second-order valence-electron chi connectivity index (χ2n) is 2.40. The van der Waals surface area contributed by atoms with Gasteiger partial charge in [0.15, 0.2) is 6.30 Å². The van der Waals surface area contributed by atoms with E-state index in [1.807, 2.05) is 0 Å². The Morgan fingerprint density at radius 2 is 2.27 bits per heavy atom. The predicted molar refractivity (Wildman–Crippen MR) is 40.0 cm³/mol. The summed E-state index contributed by atoms with van der Waals surface area (Å²) >= 11 is 0. The molecule has 1 atom stereocenters. The molecule has 1 heterocycles. The van der Waals surface area contributed by atoms with Gasteiger partial charge in [-0.1, -0.05) is 6.58 Å². The van der Waals surface area contributed by atoms with E-state index in [0.717, 1.165) is 9.71 Å². The molecule has 5 heteroatoms. The monoisotopic (exact) mass is 179 g/mol. The fourth-order valence-electron chi connectivity index (χ4n) is 1.08. The molecule has 64 valence electrons. The molecule has 1 aliphatic heterocycles. The van der Waals surface area contributed by atoms with Crippen LogP contribution in [-0.4, -0.2) is 25.6 Å². The first-order valence-electron chi connectivity index (χ1n) is 3.36. The van der Waals surface area contributed by atoms with Crippen molar-refractivity contribution in [1.29, 1.82) is 0 Å². The molecular formula is C6H10FNO2S. The van der Waals surface area contributed by atoms with Crippen molar-refractivity contribution in [2.45, 2.75) is 19.1 Å². The van der Waals surface area contributed by atoms with Crippen LogP contribution in [-0.2, 0) is 10.0 Å². The summed E-state index contributed by atoms with van der Waals surface area (Å²) in [7, 11) is -3.52. The fraction of sp³-hybridized carbons (Fsp3) is 0.667. The number of halogens is 1. The molecule has 0 spiro atoms. The molecule has 1 unspecified atom stereocenters. The molecule has 0 N–H and O–H groups in total. The van der Waals surface area contributed by atoms with Crippen molar-refractivity contribution >= 4 is 10.0 Å². The first-order valence-corrected chi connectivity index (χ1v) is 4.86. The van der Waals surface area contributed by atoms with E-state index in [4.69, 9.17) is 0 Å². The van der Waals surface area contributed by atoms with Crippen LogP contribution < -0.4 is 0 Å². The van der Waals surface area contributed by atoms with E-state index in [1.54, 1.807) is 0 Å². The molecule has 1 aliphatic rings. The van der Waals surface area contributed by atoms with E-state index in [-0.39, 0.29) is 6.54 Å². The van der Waals surface area contributed by atoms with Gasteiger partial charge in [0.1, 0.15) is 0 Å². The van der Waals surface area contributed by atoms with E-state index in [0.29, 0.717) is 12.8 Å². The zero-order valence-corrected chi connectivity index (χ0v) is 6.85. The number of alkyl halides is 1. The van der Waals surface area contributed by atoms with Crippen LogP contribution >= 0.6 is 0 Å². The topological polar surface area (TPSA) is 37.4 Å². The summed E-state index contributed by atoms with van der Waals surface area (Å²) in [6, 6.07) is 0. The highest BCUT2D eigenvalue weighted by molar-refractivity contribution is 7.92. The van der Waals surface area contributed by atoms with Gasteiger partial charge < -0.3 is 0 Å². The van der Waals surface area contributed by atoms with Gasteiger partial charge in [0.05, 0.1) is 0 Å². The number of hydrogen-bond donors (Lipinski definition) is 0. The summed E-state index contributed by atoms with van der Waals surface area (Å²) in [6.45, 7) is 3.39. The van der Waals surface area contributed by atoms with Crippen molar-refractivity contribution in [3.63, 3.8) is 0 Å². The highest BCUT2D eigenvalue weighted by Crippen LogP contribution is 2.21. The summed E-state index contributed by atoms with van der Waals surface area (Å²) < 4.78 is 35.6. The maximum atomic E-state index is 12.8. The Bertz CT molecular complexity index is 249. The van der Waals surface area contributed by atoms with E-state index in [1.165, 1.54) is 0 Å². The van der Waals surface area contributed by atoms with Crippen LogP contribution in [0.4, 0.5) is 4.39 Å². The smallest absolute Gasteiger partial charge is 0.229 e. The van der Waals surface area contributed by atoms with Gasteiger partial charge in [0.2, 0.25) is 10.0 Å². The lowest BCUT2D eigenvalue weighted by Crippen LogP contribution is -2.31. The quantitative estimate of drug-likeness (QED) is 0.589. The molecule has 3 nitrogen and oxygen atoms in total. The second-order valence-corrected chi connectivity index (χ2v) is 4.23. The average Bonchev–Trinajstić information content (AvgIpc) is 2.36. The maximum absolute atomic E-state index is 12.8. The maximum Gasteiger partial charge on any atom is 0.238 e. The van der Waals surface area contributed by atoms with Gasteiger partial charge in [-0.3, -0.25) is 0 Å². The third-order valence-corrected chi connectivity index (χ3v) is 3.16. The molecule has 0 radical (unpaired) electrons. The third-order valence-electron chi connectivity index (χ3n) is 1.67. The molecule has 0 aliphatic carbocycles. The Kier molecular flexibility index (Phi) is 2.29. The Balaban J connectivity index is 2.83. The van der Waals surface area contributed by atoms with Crippen molar-refractivity contribution in [1.82, 2.24) is 4.31 Å². The van der Waals surface area contributed by atoms with Crippen molar-refractivity contribution in [2.75, 3.05) is 6.54 Å². The standard InChI is InChI=1S/C6H10FNO2S/c1-2-11(9,10)8-5-3-4-6(8)7/h2,6H,1,3-5H2. The Morgan fingerprint density at radius 3 is 2.64 bits per heavy atom. The molecular weight excluding hydrogens is 169 g/mol. The molecule has 0 aromatic heterocycles. The van der Waals surface area contributed by atoms with E-state index >= 15 is 0 Å². The van der Waals surface area contributed by atoms with E-state index in [2.05, 4.69) is 6.58 Å². The van der Waals surface area contributed by atoms with Crippen molar-refractivity contribution in [3.8, 4) is 0 Å². The summed E-state index contributed by atoms with van der Waals surface area (Å²) in [5.74, 6) is 0. The minimum Gasteiger partial charge on any atom is -0.229 e. The van der Waals surface area contributed by atoms with Gasteiger partial charge in [-0.2, -0.15) is 4.31 Å². The Labute approximate surface area is 65.6 Å². The third kappa shape index (κ3) is 1.59. The predicted octanol–water partition coefficient (Wildman–Crippen LogP) is 0.851. The normalized spacial score (nSPS) is 27.2. The first-order chi connectivity index (χ1) is 5.08. The van der Waals surface area contributed by atoms with E-state index in [9.17, 15) is 12.8 Å². The minimum atomic E-state index is -3.52. The number of hydrogen-bond acceptors (Lipinski definition) is 2. The Hall–Kier alpha value is -0.420. The highest BCUT2D eigenvalue weighted by atomic mass is 32.2. The van der Waals surface area contributed by atoms with Crippen molar-refractivity contribution in [3.05, 3.63) is 12.0 Å². The number of sulfonamides is 1. The summed E-state index contributed by atoms with van der Waals surface area (Å²) in [5.41, 5.74) is 0. The van der Waals surface area contributed by atoms with Crippen LogP contribution in [0.15, 0.2) is 12.0 Å². The molecule has 11 heavy (non-hydrogen) atoms. The lowest BCUT2D eigenvalue weighted by atomic mass is 10.4. The molecule has 0 saturated carbocycles. The fourth-order valence-corrected chi connectivity index (χ4v) is 2.08. The molecule has 1 saturated heterocycles. The van der Waals surface area contributed by atoms with Gasteiger partial charge in [-0.25, -0.2) is 12.8 Å². The molecule has 1 fully saturated rings. The van der Waals surface area contributed by atoms with Crippen LogP contribution in [0, 0.1) is 0 Å². The van der Waals surface area contributed by atoms with Crippen molar-refractivity contribution in [2.24, 2.45) is 0 Å². The molecule has 0 aromatic rings. The zero-order chi connectivity index (χ0) is 8.48. The van der Waals surface area contributed by atoms with Crippen LogP contribution in [0.2, 0.25) is 0 Å². The average molecular weight is 179 g/mol. The van der Waals surface area contributed by atoms with E-state index < -0.39 is 16.3 Å². The Morgan fingerprint density at radius 1 is 1.64 bits per heavy atom. The van der Waals surface area contributed by atoms with Crippen molar-refractivity contribution < 1.29 is 12.8 Å². The zero-order valence-electron chi connectivity index (χ0n) is 6.03. The second kappa shape index (κ2) is 2.91. The largest absolute Gasteiger partial charge is 0.238 e. The number of nitrogens with zero attached hydrogens (tertiary/aromatic N) is 1. The SMILES string of the molecule is C=CS(=O)(=O)N1CCCC1F. The summed E-state index contributed by atoms with van der Waals surface area (Å²) in [5, 5.41) is 0.783. The number of rotatable bonds is 2. The summed E-state index contributed by atoms with van der Waals surface area (Å²) in [6.07, 6.45) is -0.459. The van der Waals surface area contributed by atoms with Gasteiger partial charge in [-0.15, -0.1) is 0 Å². The van der Waals surface area contributed by atoms with Crippen LogP contribution in [0.25, 0.3) is 0 Å². The molecule has 0 bridgehead atoms. The highest BCUT2D eigenvalue weighted by Gasteiger charge is 2.31. The van der Waals surface area contributed by atoms with Crippen LogP contribution in [0.3, 0.4) is 0 Å².